The fourth-order valence-electron chi connectivity index (χ4n) is 1.27. The Hall–Kier alpha value is -1.12. The van der Waals surface area contributed by atoms with Crippen LogP contribution in [0.3, 0.4) is 0 Å². The molecule has 3 N–H and O–H groups in total. The molecule has 1 aromatic carbocycles. The molecular weight excluding hydrogens is 348 g/mol. The maximum absolute atomic E-state index is 11.8. The summed E-state index contributed by atoms with van der Waals surface area (Å²) in [5.74, 6) is 0.190. The van der Waals surface area contributed by atoms with Crippen molar-refractivity contribution in [3.8, 4) is 0 Å². The van der Waals surface area contributed by atoms with E-state index in [9.17, 15) is 4.79 Å². The third kappa shape index (κ3) is 4.19. The number of anilines is 2. The van der Waals surface area contributed by atoms with Crippen LogP contribution in [0.25, 0.3) is 0 Å². The number of hydrogen-bond donors (Lipinski definition) is 2. The first-order chi connectivity index (χ1) is 9.04. The standard InChI is InChI=1S/C11H11BrN4OS2/c1-6-2-3-7(4-8(6)12)14-9(17)5-18-11-16-15-10(13)19-11/h2-4H,5H2,1H3,(H2,13,15)(H,14,17). The summed E-state index contributed by atoms with van der Waals surface area (Å²) in [6.45, 7) is 1.99. The Morgan fingerprint density at radius 1 is 1.53 bits per heavy atom. The van der Waals surface area contributed by atoms with Gasteiger partial charge in [0.05, 0.1) is 5.75 Å². The van der Waals surface area contributed by atoms with Crippen LogP contribution >= 0.6 is 39.0 Å². The number of carbonyl (C=O) groups is 1. The van der Waals surface area contributed by atoms with Crippen LogP contribution in [0.4, 0.5) is 10.8 Å². The quantitative estimate of drug-likeness (QED) is 0.821. The van der Waals surface area contributed by atoms with Crippen molar-refractivity contribution in [3.63, 3.8) is 0 Å². The van der Waals surface area contributed by atoms with Crippen LogP contribution in [0.2, 0.25) is 0 Å². The average Bonchev–Trinajstić information content (AvgIpc) is 2.77. The summed E-state index contributed by atoms with van der Waals surface area (Å²) in [5.41, 5.74) is 7.35. The summed E-state index contributed by atoms with van der Waals surface area (Å²) in [5, 5.41) is 10.8. The summed E-state index contributed by atoms with van der Waals surface area (Å²) in [6.07, 6.45) is 0. The van der Waals surface area contributed by atoms with Gasteiger partial charge in [0, 0.05) is 10.2 Å². The minimum atomic E-state index is -0.0884. The zero-order valence-electron chi connectivity index (χ0n) is 10.0. The second-order valence-corrected chi connectivity index (χ2v) is 6.79. The molecule has 1 heterocycles. The highest BCUT2D eigenvalue weighted by atomic mass is 79.9. The van der Waals surface area contributed by atoms with E-state index in [4.69, 9.17) is 5.73 Å². The number of nitrogens with zero attached hydrogens (tertiary/aromatic N) is 2. The molecule has 0 fully saturated rings. The van der Waals surface area contributed by atoms with E-state index in [2.05, 4.69) is 31.4 Å². The van der Waals surface area contributed by atoms with Gasteiger partial charge in [0.15, 0.2) is 4.34 Å². The van der Waals surface area contributed by atoms with E-state index in [0.717, 1.165) is 15.7 Å². The molecule has 0 radical (unpaired) electrons. The Kier molecular flexibility index (Phi) is 4.78. The van der Waals surface area contributed by atoms with E-state index in [0.29, 0.717) is 9.47 Å². The predicted octanol–water partition coefficient (Wildman–Crippen LogP) is 2.92. The molecule has 8 heteroatoms. The van der Waals surface area contributed by atoms with Gasteiger partial charge in [-0.3, -0.25) is 4.79 Å². The van der Waals surface area contributed by atoms with Crippen LogP contribution in [-0.2, 0) is 4.79 Å². The number of aryl methyl sites for hydroxylation is 1. The van der Waals surface area contributed by atoms with Crippen LogP contribution in [0.1, 0.15) is 5.56 Å². The smallest absolute Gasteiger partial charge is 0.234 e. The van der Waals surface area contributed by atoms with Crippen LogP contribution < -0.4 is 11.1 Å². The van der Waals surface area contributed by atoms with Gasteiger partial charge in [-0.1, -0.05) is 45.1 Å². The van der Waals surface area contributed by atoms with Crippen molar-refractivity contribution < 1.29 is 4.79 Å². The van der Waals surface area contributed by atoms with Gasteiger partial charge in [-0.2, -0.15) is 0 Å². The van der Waals surface area contributed by atoms with Gasteiger partial charge in [-0.05, 0) is 24.6 Å². The van der Waals surface area contributed by atoms with Crippen LogP contribution in [0, 0.1) is 6.92 Å². The van der Waals surface area contributed by atoms with E-state index >= 15 is 0 Å². The molecule has 0 bridgehead atoms. The van der Waals surface area contributed by atoms with Crippen molar-refractivity contribution in [2.45, 2.75) is 11.3 Å². The van der Waals surface area contributed by atoms with Crippen LogP contribution in [-0.4, -0.2) is 21.9 Å². The Balaban J connectivity index is 1.88. The van der Waals surface area contributed by atoms with E-state index in [-0.39, 0.29) is 11.7 Å². The average molecular weight is 359 g/mol. The largest absolute Gasteiger partial charge is 0.374 e. The Bertz CT molecular complexity index is 602. The third-order valence-electron chi connectivity index (χ3n) is 2.20. The van der Waals surface area contributed by atoms with Crippen molar-refractivity contribution in [2.75, 3.05) is 16.8 Å². The van der Waals surface area contributed by atoms with Gasteiger partial charge in [-0.25, -0.2) is 0 Å². The van der Waals surface area contributed by atoms with Crippen molar-refractivity contribution in [3.05, 3.63) is 28.2 Å². The molecule has 0 spiro atoms. The van der Waals surface area contributed by atoms with Crippen molar-refractivity contribution >= 4 is 55.8 Å². The minimum absolute atomic E-state index is 0.0884. The predicted molar refractivity (Wildman–Crippen MR) is 82.6 cm³/mol. The molecule has 0 aliphatic heterocycles. The first-order valence-corrected chi connectivity index (χ1v) is 7.92. The molecule has 1 aromatic heterocycles. The SMILES string of the molecule is Cc1ccc(NC(=O)CSc2nnc(N)s2)cc1Br. The second kappa shape index (κ2) is 6.36. The molecule has 0 unspecified atom stereocenters. The number of rotatable bonds is 4. The van der Waals surface area contributed by atoms with Crippen LogP contribution in [0.5, 0.6) is 0 Å². The first kappa shape index (κ1) is 14.3. The van der Waals surface area contributed by atoms with Gasteiger partial charge in [0.2, 0.25) is 11.0 Å². The van der Waals surface area contributed by atoms with E-state index in [1.165, 1.54) is 23.1 Å². The number of hydrogen-bond acceptors (Lipinski definition) is 6. The van der Waals surface area contributed by atoms with Gasteiger partial charge < -0.3 is 11.1 Å². The van der Waals surface area contributed by atoms with Gasteiger partial charge in [0.25, 0.3) is 0 Å². The first-order valence-electron chi connectivity index (χ1n) is 5.32. The van der Waals surface area contributed by atoms with Crippen molar-refractivity contribution in [2.24, 2.45) is 0 Å². The molecular formula is C11H11BrN4OS2. The summed E-state index contributed by atoms with van der Waals surface area (Å²) in [6, 6.07) is 5.69. The van der Waals surface area contributed by atoms with Crippen molar-refractivity contribution in [1.29, 1.82) is 0 Å². The molecule has 0 aliphatic rings. The Morgan fingerprint density at radius 2 is 2.32 bits per heavy atom. The highest BCUT2D eigenvalue weighted by Crippen LogP contribution is 2.24. The number of halogens is 1. The molecule has 0 aliphatic carbocycles. The molecule has 2 aromatic rings. The molecule has 5 nitrogen and oxygen atoms in total. The summed E-state index contributed by atoms with van der Waals surface area (Å²) >= 11 is 6.02. The number of aromatic nitrogens is 2. The lowest BCUT2D eigenvalue weighted by Gasteiger charge is -2.06. The molecule has 1 amide bonds. The minimum Gasteiger partial charge on any atom is -0.374 e. The summed E-state index contributed by atoms with van der Waals surface area (Å²) < 4.78 is 1.66. The number of nitrogens with two attached hydrogens (primary N) is 1. The lowest BCUT2D eigenvalue weighted by molar-refractivity contribution is -0.113. The van der Waals surface area contributed by atoms with Gasteiger partial charge in [-0.15, -0.1) is 10.2 Å². The van der Waals surface area contributed by atoms with Gasteiger partial charge in [0.1, 0.15) is 0 Å². The fourth-order valence-corrected chi connectivity index (χ4v) is 3.09. The summed E-state index contributed by atoms with van der Waals surface area (Å²) in [4.78, 5) is 11.8. The maximum Gasteiger partial charge on any atom is 0.234 e. The second-order valence-electron chi connectivity index (χ2n) is 3.71. The Morgan fingerprint density at radius 3 is 2.95 bits per heavy atom. The highest BCUT2D eigenvalue weighted by Gasteiger charge is 2.07. The molecule has 19 heavy (non-hydrogen) atoms. The van der Waals surface area contributed by atoms with E-state index in [1.807, 2.05) is 25.1 Å². The monoisotopic (exact) mass is 358 g/mol. The topological polar surface area (TPSA) is 80.9 Å². The zero-order chi connectivity index (χ0) is 13.8. The number of amides is 1. The normalized spacial score (nSPS) is 10.4. The van der Waals surface area contributed by atoms with Crippen LogP contribution in [0.15, 0.2) is 27.0 Å². The molecule has 0 saturated heterocycles. The maximum atomic E-state index is 11.8. The van der Waals surface area contributed by atoms with E-state index < -0.39 is 0 Å². The highest BCUT2D eigenvalue weighted by molar-refractivity contribution is 9.10. The fraction of sp³-hybridized carbons (Fsp3) is 0.182. The number of nitrogens with one attached hydrogen (secondary N) is 1. The van der Waals surface area contributed by atoms with Crippen molar-refractivity contribution in [1.82, 2.24) is 10.2 Å². The third-order valence-corrected chi connectivity index (χ3v) is 4.94. The molecule has 0 atom stereocenters. The lowest BCUT2D eigenvalue weighted by Crippen LogP contribution is -2.13. The van der Waals surface area contributed by atoms with E-state index in [1.54, 1.807) is 0 Å². The molecule has 2 rings (SSSR count). The Labute approximate surface area is 127 Å². The number of thioether (sulfide) groups is 1. The zero-order valence-corrected chi connectivity index (χ0v) is 13.2. The molecule has 100 valence electrons. The molecule has 0 saturated carbocycles. The lowest BCUT2D eigenvalue weighted by atomic mass is 10.2. The van der Waals surface area contributed by atoms with Gasteiger partial charge >= 0.3 is 0 Å². The number of nitrogen functional groups attached to an aromatic ring is 1. The number of benzene rings is 1. The summed E-state index contributed by atoms with van der Waals surface area (Å²) in [7, 11) is 0. The number of carbonyl (C=O) groups excluding carboxylic acids is 1.